The molecule has 7 rings (SSSR count). The van der Waals surface area contributed by atoms with Crippen molar-refractivity contribution in [3.8, 4) is 0 Å². The van der Waals surface area contributed by atoms with Crippen molar-refractivity contribution in [1.82, 2.24) is 9.38 Å². The van der Waals surface area contributed by atoms with Gasteiger partial charge in [0.25, 0.3) is 0 Å². The number of rotatable bonds is 2. The fourth-order valence-electron chi connectivity index (χ4n) is 6.30. The minimum atomic E-state index is 0.152. The zero-order chi connectivity index (χ0) is 24.1. The van der Waals surface area contributed by atoms with Gasteiger partial charge in [-0.15, -0.1) is 0 Å². The van der Waals surface area contributed by atoms with Gasteiger partial charge in [-0.1, -0.05) is 77.1 Å². The summed E-state index contributed by atoms with van der Waals surface area (Å²) in [5, 5.41) is 9.19. The van der Waals surface area contributed by atoms with Crippen LogP contribution < -0.4 is 0 Å². The minimum Gasteiger partial charge on any atom is -0.308 e. The molecule has 3 heterocycles. The number of fused-ring (bicyclic) bond motifs is 7. The minimum absolute atomic E-state index is 0.152. The smallest absolute Gasteiger partial charge is 0.0823 e. The van der Waals surface area contributed by atoms with Crippen molar-refractivity contribution in [2.45, 2.75) is 47.0 Å². The highest BCUT2D eigenvalue weighted by Crippen LogP contribution is 2.46. The fourth-order valence-corrected chi connectivity index (χ4v) is 6.30. The number of aromatic nitrogens is 2. The van der Waals surface area contributed by atoms with Crippen LogP contribution in [0.3, 0.4) is 0 Å². The van der Waals surface area contributed by atoms with Gasteiger partial charge < -0.3 is 4.40 Å². The summed E-state index contributed by atoms with van der Waals surface area (Å²) in [7, 11) is 0. The highest BCUT2D eigenvalue weighted by Gasteiger charge is 2.25. The molecule has 0 aliphatic carbocycles. The van der Waals surface area contributed by atoms with Gasteiger partial charge in [0.2, 0.25) is 0 Å². The predicted octanol–water partition coefficient (Wildman–Crippen LogP) is 9.25. The lowest BCUT2D eigenvalue weighted by molar-refractivity contribution is 0.413. The zero-order valence-corrected chi connectivity index (χ0v) is 21.1. The molecule has 0 radical (unpaired) electrons. The van der Waals surface area contributed by atoms with Crippen LogP contribution in [-0.2, 0) is 6.42 Å². The molecule has 0 spiro atoms. The molecule has 0 N–H and O–H groups in total. The van der Waals surface area contributed by atoms with Gasteiger partial charge in [0.05, 0.1) is 22.1 Å². The maximum absolute atomic E-state index is 5.04. The molecule has 0 amide bonds. The van der Waals surface area contributed by atoms with Crippen molar-refractivity contribution in [2.75, 3.05) is 0 Å². The highest BCUT2D eigenvalue weighted by molar-refractivity contribution is 6.29. The summed E-state index contributed by atoms with van der Waals surface area (Å²) >= 11 is 0. The average molecular weight is 455 g/mol. The second kappa shape index (κ2) is 6.95. The lowest BCUT2D eigenvalue weighted by Crippen LogP contribution is -2.11. The number of hydrogen-bond donors (Lipinski definition) is 0. The Morgan fingerprint density at radius 1 is 0.771 bits per heavy atom. The van der Waals surface area contributed by atoms with E-state index in [1.165, 1.54) is 65.4 Å². The average Bonchev–Trinajstić information content (AvgIpc) is 3.17. The van der Waals surface area contributed by atoms with Gasteiger partial charge in [-0.25, -0.2) is 0 Å². The van der Waals surface area contributed by atoms with Crippen molar-refractivity contribution in [1.29, 1.82) is 0 Å². The Morgan fingerprint density at radius 2 is 1.51 bits per heavy atom. The molecule has 35 heavy (non-hydrogen) atoms. The topological polar surface area (TPSA) is 17.3 Å². The third-order valence-corrected chi connectivity index (χ3v) is 7.63. The molecule has 4 aromatic carbocycles. The molecule has 3 aromatic heterocycles. The quantitative estimate of drug-likeness (QED) is 0.188. The molecule has 0 fully saturated rings. The molecule has 0 aliphatic heterocycles. The number of pyridine rings is 2. The second-order valence-electron chi connectivity index (χ2n) is 11.7. The monoisotopic (exact) mass is 454 g/mol. The lowest BCUT2D eigenvalue weighted by Gasteiger charge is -2.23. The summed E-state index contributed by atoms with van der Waals surface area (Å²) in [6.45, 7) is 11.7. The lowest BCUT2D eigenvalue weighted by atomic mass is 9.84. The summed E-state index contributed by atoms with van der Waals surface area (Å²) < 4.78 is 2.58. The van der Waals surface area contributed by atoms with E-state index in [1.807, 2.05) is 6.20 Å². The zero-order valence-electron chi connectivity index (χ0n) is 21.1. The van der Waals surface area contributed by atoms with E-state index in [-0.39, 0.29) is 5.41 Å². The van der Waals surface area contributed by atoms with E-state index < -0.39 is 0 Å². The summed E-state index contributed by atoms with van der Waals surface area (Å²) in [4.78, 5) is 5.04. The van der Waals surface area contributed by atoms with Crippen LogP contribution in [-0.4, -0.2) is 9.38 Å². The van der Waals surface area contributed by atoms with Crippen molar-refractivity contribution < 1.29 is 0 Å². The number of benzene rings is 4. The molecule has 0 bridgehead atoms. The van der Waals surface area contributed by atoms with Crippen molar-refractivity contribution in [3.05, 3.63) is 84.1 Å². The number of hydrogen-bond acceptors (Lipinski definition) is 1. The Hall–Kier alpha value is -3.65. The number of para-hydroxylation sites is 1. The Morgan fingerprint density at radius 3 is 2.29 bits per heavy atom. The molecule has 7 aromatic rings. The fraction of sp³-hybridized carbons (Fsp3) is 0.242. The first-order valence-electron chi connectivity index (χ1n) is 12.7. The van der Waals surface area contributed by atoms with E-state index in [0.717, 1.165) is 11.9 Å². The van der Waals surface area contributed by atoms with Gasteiger partial charge in [0, 0.05) is 27.7 Å². The molecular weight excluding hydrogens is 424 g/mol. The molecule has 172 valence electrons. The van der Waals surface area contributed by atoms with Gasteiger partial charge in [-0.05, 0) is 69.3 Å². The van der Waals surface area contributed by atoms with Gasteiger partial charge in [-0.3, -0.25) is 4.98 Å². The standard InChI is InChI=1S/C33H30N2/c1-19(2)24-17-21-14-15-34-30-25-16-20-10-6-7-11-22(20)26(18-33(3,4)5)31(25)35-27-13-9-8-12-23(27)29(24)32(35)28(21)30/h6-17,19H,18H2,1-5H3. The summed E-state index contributed by atoms with van der Waals surface area (Å²) in [6, 6.07) is 24.8. The first-order chi connectivity index (χ1) is 16.8. The molecule has 0 saturated heterocycles. The van der Waals surface area contributed by atoms with Crippen molar-refractivity contribution in [2.24, 2.45) is 5.41 Å². The van der Waals surface area contributed by atoms with Gasteiger partial charge in [-0.2, -0.15) is 0 Å². The maximum Gasteiger partial charge on any atom is 0.0823 e. The summed E-state index contributed by atoms with van der Waals surface area (Å²) in [5.74, 6) is 0.433. The van der Waals surface area contributed by atoms with Crippen molar-refractivity contribution in [3.63, 3.8) is 0 Å². The summed E-state index contributed by atoms with van der Waals surface area (Å²) in [6.07, 6.45) is 2.99. The molecule has 0 saturated carbocycles. The Labute approximate surface area is 205 Å². The Bertz CT molecular complexity index is 1930. The third kappa shape index (κ3) is 2.80. The normalized spacial score (nSPS) is 13.1. The van der Waals surface area contributed by atoms with E-state index in [9.17, 15) is 0 Å². The van der Waals surface area contributed by atoms with Crippen LogP contribution in [0.15, 0.2) is 72.9 Å². The Kier molecular flexibility index (Phi) is 4.11. The Balaban J connectivity index is 1.90. The van der Waals surface area contributed by atoms with E-state index in [4.69, 9.17) is 4.98 Å². The second-order valence-corrected chi connectivity index (χ2v) is 11.7. The maximum atomic E-state index is 5.04. The van der Waals surface area contributed by atoms with Gasteiger partial charge >= 0.3 is 0 Å². The van der Waals surface area contributed by atoms with Crippen LogP contribution >= 0.6 is 0 Å². The van der Waals surface area contributed by atoms with Crippen LogP contribution in [0.4, 0.5) is 0 Å². The SMILES string of the molecule is CC(C)c1cc2ccnc3c4cc5ccccc5c(CC(C)(C)C)c4n4c5ccccc5c1c4c23. The van der Waals surface area contributed by atoms with Crippen LogP contribution in [0.5, 0.6) is 0 Å². The molecule has 2 nitrogen and oxygen atoms in total. The first-order valence-corrected chi connectivity index (χ1v) is 12.7. The van der Waals surface area contributed by atoms with Crippen LogP contribution in [0.2, 0.25) is 0 Å². The van der Waals surface area contributed by atoms with E-state index in [2.05, 4.69) is 106 Å². The van der Waals surface area contributed by atoms with E-state index in [1.54, 1.807) is 0 Å². The molecular formula is C33H30N2. The van der Waals surface area contributed by atoms with Gasteiger partial charge in [0.15, 0.2) is 0 Å². The van der Waals surface area contributed by atoms with Crippen LogP contribution in [0, 0.1) is 5.41 Å². The largest absolute Gasteiger partial charge is 0.308 e. The molecule has 0 unspecified atom stereocenters. The summed E-state index contributed by atoms with van der Waals surface area (Å²) in [5.41, 5.74) is 8.05. The molecule has 0 atom stereocenters. The van der Waals surface area contributed by atoms with Crippen LogP contribution in [0.25, 0.3) is 59.8 Å². The van der Waals surface area contributed by atoms with E-state index in [0.29, 0.717) is 5.92 Å². The number of nitrogens with zero attached hydrogens (tertiary/aromatic N) is 2. The van der Waals surface area contributed by atoms with E-state index >= 15 is 0 Å². The molecule has 0 aliphatic rings. The first kappa shape index (κ1) is 20.7. The third-order valence-electron chi connectivity index (χ3n) is 7.63. The highest BCUT2D eigenvalue weighted by atomic mass is 14.9. The van der Waals surface area contributed by atoms with Crippen molar-refractivity contribution >= 4 is 59.8 Å². The van der Waals surface area contributed by atoms with Gasteiger partial charge in [0.1, 0.15) is 0 Å². The molecule has 2 heteroatoms. The predicted molar refractivity (Wildman–Crippen MR) is 151 cm³/mol. The van der Waals surface area contributed by atoms with Crippen LogP contribution in [0.1, 0.15) is 51.7 Å².